The topological polar surface area (TPSA) is 26.0 Å². The molecule has 25 heavy (non-hydrogen) atoms. The van der Waals surface area contributed by atoms with E-state index in [4.69, 9.17) is 4.52 Å². The van der Waals surface area contributed by atoms with Crippen LogP contribution in [0, 0.1) is 6.42 Å². The molecule has 1 aromatic heterocycles. The first-order chi connectivity index (χ1) is 11.9. The molecule has 0 bridgehead atoms. The van der Waals surface area contributed by atoms with E-state index in [1.165, 1.54) is 64.2 Å². The molecule has 0 aliphatic heterocycles. The molecule has 0 aliphatic rings. The Labute approximate surface area is 165 Å². The van der Waals surface area contributed by atoms with Crippen molar-refractivity contribution in [3.8, 4) is 0 Å². The summed E-state index contributed by atoms with van der Waals surface area (Å²) in [6, 6.07) is 12.3. The molecule has 132 valence electrons. The molecule has 0 saturated heterocycles. The van der Waals surface area contributed by atoms with E-state index in [-0.39, 0.29) is 18.9 Å². The zero-order valence-corrected chi connectivity index (χ0v) is 16.2. The Hall–Kier alpha value is -1.10. The molecule has 0 amide bonds. The zero-order valence-electron chi connectivity index (χ0n) is 16.2. The van der Waals surface area contributed by atoms with Crippen LogP contribution in [-0.4, -0.2) is 5.16 Å². The van der Waals surface area contributed by atoms with E-state index in [1.807, 2.05) is 18.2 Å². The first-order valence-electron chi connectivity index (χ1n) is 9.74. The van der Waals surface area contributed by atoms with Gasteiger partial charge in [-0.05, 0) is 12.8 Å². The van der Waals surface area contributed by atoms with Gasteiger partial charge in [-0.2, -0.15) is 0 Å². The van der Waals surface area contributed by atoms with Gasteiger partial charge >= 0.3 is 18.9 Å². The number of unbranched alkanes of at least 4 members (excludes halogenated alkanes) is 9. The Morgan fingerprint density at radius 3 is 2.08 bits per heavy atom. The van der Waals surface area contributed by atoms with E-state index in [9.17, 15) is 0 Å². The van der Waals surface area contributed by atoms with Crippen LogP contribution >= 0.6 is 0 Å². The Morgan fingerprint density at radius 2 is 1.44 bits per heavy atom. The van der Waals surface area contributed by atoms with Gasteiger partial charge in [-0.1, -0.05) is 76.8 Å². The maximum Gasteiger partial charge on any atom is 1.00 e. The molecule has 0 aliphatic carbocycles. The van der Waals surface area contributed by atoms with Crippen molar-refractivity contribution in [1.29, 1.82) is 0 Å². The molecule has 2 rings (SSSR count). The third-order valence-electron chi connectivity index (χ3n) is 4.47. The molecule has 0 saturated carbocycles. The fourth-order valence-corrected chi connectivity index (χ4v) is 3.02. The number of aryl methyl sites for hydroxylation is 1. The number of benzene rings is 1. The van der Waals surface area contributed by atoms with Crippen LogP contribution in [-0.2, 0) is 6.42 Å². The Balaban J connectivity index is 0.00000312. The van der Waals surface area contributed by atoms with Crippen molar-refractivity contribution in [1.82, 2.24) is 5.16 Å². The summed E-state index contributed by atoms with van der Waals surface area (Å²) in [5.74, 6) is 1.01. The van der Waals surface area contributed by atoms with E-state index >= 15 is 0 Å². The largest absolute Gasteiger partial charge is 1.00 e. The van der Waals surface area contributed by atoms with Crippen LogP contribution in [0.1, 0.15) is 88.1 Å². The van der Waals surface area contributed by atoms with Crippen LogP contribution in [0.25, 0.3) is 0 Å². The van der Waals surface area contributed by atoms with Crippen molar-refractivity contribution < 1.29 is 23.4 Å². The summed E-state index contributed by atoms with van der Waals surface area (Å²) in [4.78, 5) is 0. The van der Waals surface area contributed by atoms with Gasteiger partial charge in [-0.3, -0.25) is 0 Å². The summed E-state index contributed by atoms with van der Waals surface area (Å²) < 4.78 is 5.44. The van der Waals surface area contributed by atoms with Gasteiger partial charge in [0.25, 0.3) is 0 Å². The molecule has 2 aromatic rings. The van der Waals surface area contributed by atoms with Gasteiger partial charge in [0.15, 0.2) is 0 Å². The maximum atomic E-state index is 5.44. The number of aromatic nitrogens is 1. The predicted molar refractivity (Wildman–Crippen MR) is 101 cm³/mol. The Bertz CT molecular complexity index is 538. The molecule has 0 radical (unpaired) electrons. The van der Waals surface area contributed by atoms with E-state index in [0.717, 1.165) is 23.4 Å². The minimum Gasteiger partial charge on any atom is -0.372 e. The summed E-state index contributed by atoms with van der Waals surface area (Å²) in [6.07, 6.45) is 16.7. The zero-order chi connectivity index (χ0) is 16.9. The van der Waals surface area contributed by atoms with E-state index in [1.54, 1.807) is 0 Å². The van der Waals surface area contributed by atoms with Crippen molar-refractivity contribution in [2.24, 2.45) is 0 Å². The number of hydrogen-bond acceptors (Lipinski definition) is 2. The average molecular weight is 333 g/mol. The third-order valence-corrected chi connectivity index (χ3v) is 4.47. The van der Waals surface area contributed by atoms with Crippen LogP contribution in [0.5, 0.6) is 0 Å². The Morgan fingerprint density at radius 1 is 0.840 bits per heavy atom. The summed E-state index contributed by atoms with van der Waals surface area (Å²) in [5, 5.41) is 4.14. The normalized spacial score (nSPS) is 10.4. The fraction of sp³-hybridized carbons (Fsp3) is 0.545. The van der Waals surface area contributed by atoms with Gasteiger partial charge in [0.05, 0.1) is 5.76 Å². The van der Waals surface area contributed by atoms with Gasteiger partial charge in [-0.25, -0.2) is 0 Å². The van der Waals surface area contributed by atoms with Crippen molar-refractivity contribution in [2.45, 2.75) is 77.6 Å². The summed E-state index contributed by atoms with van der Waals surface area (Å²) in [5.41, 5.74) is 2.08. The maximum absolute atomic E-state index is 5.44. The van der Waals surface area contributed by atoms with Crippen molar-refractivity contribution in [3.05, 3.63) is 59.8 Å². The molecule has 0 unspecified atom stereocenters. The monoisotopic (exact) mass is 333 g/mol. The molecule has 0 N–H and O–H groups in total. The summed E-state index contributed by atoms with van der Waals surface area (Å²) in [6.45, 7) is 2.27. The number of nitrogens with zero attached hydrogens (tertiary/aromatic N) is 1. The number of rotatable bonds is 13. The Kier molecular flexibility index (Phi) is 12.4. The smallest absolute Gasteiger partial charge is 0.372 e. The summed E-state index contributed by atoms with van der Waals surface area (Å²) >= 11 is 0. The van der Waals surface area contributed by atoms with E-state index in [0.29, 0.717) is 0 Å². The molecule has 0 atom stereocenters. The predicted octanol–water partition coefficient (Wildman–Crippen LogP) is 3.74. The standard InChI is InChI=1S/C22H32NO.Li/c1-2-3-4-5-6-7-8-9-10-14-17-22-19-21(23-24-22)18-20-15-12-11-13-16-20;/h11-13,15-16,18-19H,2-10,14,17H2,1H3;/q-1;+1. The molecular formula is C22H32LiNO. The molecule has 0 spiro atoms. The average Bonchev–Trinajstić information content (AvgIpc) is 3.05. The second-order valence-corrected chi connectivity index (χ2v) is 6.71. The second kappa shape index (κ2) is 14.1. The minimum absolute atomic E-state index is 0. The van der Waals surface area contributed by atoms with Gasteiger partial charge in [0.1, 0.15) is 0 Å². The van der Waals surface area contributed by atoms with Crippen LogP contribution in [0.3, 0.4) is 0 Å². The SMILES string of the molecule is CCCCCCCCCCCCc1cc([CH-]c2ccccc2)no1.[Li+]. The van der Waals surface area contributed by atoms with Gasteiger partial charge in [-0.15, -0.1) is 41.4 Å². The summed E-state index contributed by atoms with van der Waals surface area (Å²) in [7, 11) is 0. The van der Waals surface area contributed by atoms with Crippen molar-refractivity contribution >= 4 is 0 Å². The number of hydrogen-bond donors (Lipinski definition) is 0. The second-order valence-electron chi connectivity index (χ2n) is 6.71. The molecular weight excluding hydrogens is 301 g/mol. The molecule has 1 heterocycles. The van der Waals surface area contributed by atoms with Crippen molar-refractivity contribution in [3.63, 3.8) is 0 Å². The quantitative estimate of drug-likeness (QED) is 0.317. The molecule has 1 aromatic carbocycles. The van der Waals surface area contributed by atoms with Gasteiger partial charge in [0.2, 0.25) is 0 Å². The van der Waals surface area contributed by atoms with Gasteiger partial charge in [0, 0.05) is 5.69 Å². The van der Waals surface area contributed by atoms with Crippen LogP contribution < -0.4 is 18.9 Å². The van der Waals surface area contributed by atoms with Crippen molar-refractivity contribution in [2.75, 3.05) is 0 Å². The first kappa shape index (κ1) is 21.9. The third kappa shape index (κ3) is 9.83. The minimum atomic E-state index is 0. The van der Waals surface area contributed by atoms with Crippen LogP contribution in [0.2, 0.25) is 0 Å². The van der Waals surface area contributed by atoms with E-state index < -0.39 is 0 Å². The van der Waals surface area contributed by atoms with E-state index in [2.05, 4.69) is 36.7 Å². The van der Waals surface area contributed by atoms with Crippen LogP contribution in [0.15, 0.2) is 40.9 Å². The molecule has 0 fully saturated rings. The van der Waals surface area contributed by atoms with Crippen LogP contribution in [0.4, 0.5) is 0 Å². The molecule has 3 heteroatoms. The molecule has 2 nitrogen and oxygen atoms in total. The fourth-order valence-electron chi connectivity index (χ4n) is 3.02. The first-order valence-corrected chi connectivity index (χ1v) is 9.74. The van der Waals surface area contributed by atoms with Gasteiger partial charge < -0.3 is 4.52 Å².